The molecule has 0 fully saturated rings. The molecule has 0 atom stereocenters. The molecule has 0 N–H and O–H groups in total. The van der Waals surface area contributed by atoms with Gasteiger partial charge in [-0.25, -0.2) is 0 Å². The topological polar surface area (TPSA) is 81.3 Å². The van der Waals surface area contributed by atoms with Crippen LogP contribution in [0.1, 0.15) is 16.1 Å². The van der Waals surface area contributed by atoms with Crippen LogP contribution in [0.25, 0.3) is 0 Å². The molecule has 3 rings (SSSR count). The summed E-state index contributed by atoms with van der Waals surface area (Å²) in [5.41, 5.74) is 0.835. The number of hydrogen-bond acceptors (Lipinski definition) is 4. The highest BCUT2D eigenvalue weighted by Crippen LogP contribution is 2.23. The van der Waals surface area contributed by atoms with Crippen molar-refractivity contribution in [2.24, 2.45) is 0 Å². The zero-order valence-corrected chi connectivity index (χ0v) is 10.6. The van der Waals surface area contributed by atoms with E-state index in [1.54, 1.807) is 4.90 Å². The summed E-state index contributed by atoms with van der Waals surface area (Å²) in [5.74, 6) is -0.343. The van der Waals surface area contributed by atoms with Crippen molar-refractivity contribution in [3.63, 3.8) is 0 Å². The second-order valence-electron chi connectivity index (χ2n) is 4.57. The molecule has 1 aliphatic rings. The first-order chi connectivity index (χ1) is 9.66. The molecule has 1 amide bonds. The van der Waals surface area contributed by atoms with E-state index in [0.29, 0.717) is 19.6 Å². The van der Waals surface area contributed by atoms with Gasteiger partial charge in [-0.1, -0.05) is 30.3 Å². The monoisotopic (exact) mass is 272 g/mol. The molecule has 1 aliphatic heterocycles. The van der Waals surface area contributed by atoms with Crippen molar-refractivity contribution in [2.45, 2.75) is 13.1 Å². The Bertz CT molecular complexity index is 666. The molecule has 0 spiro atoms. The van der Waals surface area contributed by atoms with Crippen molar-refractivity contribution in [3.8, 4) is 0 Å². The van der Waals surface area contributed by atoms with Crippen molar-refractivity contribution in [1.29, 1.82) is 0 Å². The van der Waals surface area contributed by atoms with Gasteiger partial charge in [-0.05, 0) is 5.56 Å². The van der Waals surface area contributed by atoms with Gasteiger partial charge in [-0.2, -0.15) is 5.10 Å². The maximum atomic E-state index is 12.4. The van der Waals surface area contributed by atoms with E-state index in [1.165, 1.54) is 4.68 Å². The van der Waals surface area contributed by atoms with Gasteiger partial charge in [-0.3, -0.25) is 19.6 Å². The van der Waals surface area contributed by atoms with Gasteiger partial charge >= 0.3 is 5.69 Å². The van der Waals surface area contributed by atoms with E-state index in [-0.39, 0.29) is 17.3 Å². The molecule has 0 aliphatic carbocycles. The number of carbonyl (C=O) groups excluding carboxylic acids is 1. The highest BCUT2D eigenvalue weighted by Gasteiger charge is 2.33. The van der Waals surface area contributed by atoms with Crippen LogP contribution in [-0.4, -0.2) is 32.1 Å². The first kappa shape index (κ1) is 12.3. The summed E-state index contributed by atoms with van der Waals surface area (Å²) >= 11 is 0. The van der Waals surface area contributed by atoms with E-state index in [2.05, 4.69) is 5.10 Å². The Kier molecular flexibility index (Phi) is 2.94. The fourth-order valence-corrected chi connectivity index (χ4v) is 2.32. The molecular formula is C13H12N4O3. The third-order valence-electron chi connectivity index (χ3n) is 3.30. The van der Waals surface area contributed by atoms with Crippen LogP contribution in [0.3, 0.4) is 0 Å². The first-order valence-electron chi connectivity index (χ1n) is 6.20. The van der Waals surface area contributed by atoms with Gasteiger partial charge in [0.25, 0.3) is 5.91 Å². The normalized spacial score (nSPS) is 14.2. The van der Waals surface area contributed by atoms with E-state index >= 15 is 0 Å². The van der Waals surface area contributed by atoms with Crippen molar-refractivity contribution < 1.29 is 9.72 Å². The Labute approximate surface area is 114 Å². The lowest BCUT2D eigenvalue weighted by Crippen LogP contribution is -2.40. The van der Waals surface area contributed by atoms with Crippen LogP contribution in [0.15, 0.2) is 36.5 Å². The first-order valence-corrected chi connectivity index (χ1v) is 6.20. The number of aromatic nitrogens is 2. The third kappa shape index (κ3) is 2.03. The molecule has 7 nitrogen and oxygen atoms in total. The number of fused-ring (bicyclic) bond motifs is 1. The predicted octanol–water partition coefficient (Wildman–Crippen LogP) is 1.45. The number of benzene rings is 1. The van der Waals surface area contributed by atoms with Crippen molar-refractivity contribution in [1.82, 2.24) is 14.7 Å². The lowest BCUT2D eigenvalue weighted by atomic mass is 10.2. The average molecular weight is 272 g/mol. The van der Waals surface area contributed by atoms with Crippen LogP contribution < -0.4 is 0 Å². The van der Waals surface area contributed by atoms with Gasteiger partial charge in [0.1, 0.15) is 6.20 Å². The van der Waals surface area contributed by atoms with E-state index < -0.39 is 4.92 Å². The SMILES string of the molecule is O=C1c2c([N+](=O)[O-])cnn2CCN1Cc1ccccc1. The van der Waals surface area contributed by atoms with Gasteiger partial charge < -0.3 is 4.90 Å². The lowest BCUT2D eigenvalue weighted by molar-refractivity contribution is -0.385. The second-order valence-corrected chi connectivity index (χ2v) is 4.57. The summed E-state index contributed by atoms with van der Waals surface area (Å²) in [6, 6.07) is 9.55. The molecule has 0 saturated carbocycles. The molecule has 0 saturated heterocycles. The Morgan fingerprint density at radius 1 is 1.25 bits per heavy atom. The van der Waals surface area contributed by atoms with Crippen LogP contribution >= 0.6 is 0 Å². The number of rotatable bonds is 3. The molecule has 1 aromatic heterocycles. The number of amides is 1. The molecule has 2 aromatic rings. The Hall–Kier alpha value is -2.70. The molecule has 2 heterocycles. The minimum absolute atomic E-state index is 0.0668. The minimum Gasteiger partial charge on any atom is -0.331 e. The highest BCUT2D eigenvalue weighted by molar-refractivity contribution is 5.96. The van der Waals surface area contributed by atoms with Gasteiger partial charge in [-0.15, -0.1) is 0 Å². The maximum absolute atomic E-state index is 12.4. The van der Waals surface area contributed by atoms with Crippen LogP contribution in [0.2, 0.25) is 0 Å². The summed E-state index contributed by atoms with van der Waals surface area (Å²) < 4.78 is 1.40. The smallest absolute Gasteiger partial charge is 0.320 e. The zero-order valence-electron chi connectivity index (χ0n) is 10.6. The van der Waals surface area contributed by atoms with E-state index in [0.717, 1.165) is 11.8 Å². The third-order valence-corrected chi connectivity index (χ3v) is 3.30. The van der Waals surface area contributed by atoms with Crippen LogP contribution in [0, 0.1) is 10.1 Å². The Morgan fingerprint density at radius 3 is 2.70 bits per heavy atom. The van der Waals surface area contributed by atoms with E-state index in [4.69, 9.17) is 0 Å². The number of nitro groups is 1. The summed E-state index contributed by atoms with van der Waals surface area (Å²) in [5, 5.41) is 14.8. The molecule has 1 aromatic carbocycles. The minimum atomic E-state index is -0.567. The lowest BCUT2D eigenvalue weighted by Gasteiger charge is -2.27. The number of nitrogens with zero attached hydrogens (tertiary/aromatic N) is 4. The largest absolute Gasteiger partial charge is 0.331 e. The quantitative estimate of drug-likeness (QED) is 0.625. The van der Waals surface area contributed by atoms with Crippen LogP contribution in [0.4, 0.5) is 5.69 Å². The summed E-state index contributed by atoms with van der Waals surface area (Å²) in [7, 11) is 0. The molecule has 7 heteroatoms. The molecule has 0 unspecified atom stereocenters. The molecule has 0 radical (unpaired) electrons. The van der Waals surface area contributed by atoms with Crippen molar-refractivity contribution in [2.75, 3.05) is 6.54 Å². The van der Waals surface area contributed by atoms with Gasteiger partial charge in [0.05, 0.1) is 11.5 Å². The fraction of sp³-hybridized carbons (Fsp3) is 0.231. The van der Waals surface area contributed by atoms with Crippen molar-refractivity contribution in [3.05, 3.63) is 57.9 Å². The Morgan fingerprint density at radius 2 is 2.00 bits per heavy atom. The standard InChI is InChI=1S/C13H12N4O3/c18-13-12-11(17(19)20)8-14-16(12)7-6-15(13)9-10-4-2-1-3-5-10/h1-5,8H,6-7,9H2. The van der Waals surface area contributed by atoms with Crippen molar-refractivity contribution >= 4 is 11.6 Å². The molecule has 20 heavy (non-hydrogen) atoms. The molecule has 0 bridgehead atoms. The van der Waals surface area contributed by atoms with Gasteiger partial charge in [0, 0.05) is 13.1 Å². The van der Waals surface area contributed by atoms with E-state index in [9.17, 15) is 14.9 Å². The average Bonchev–Trinajstić information content (AvgIpc) is 2.88. The number of carbonyl (C=O) groups is 1. The Balaban J connectivity index is 1.89. The van der Waals surface area contributed by atoms with Gasteiger partial charge in [0.2, 0.25) is 5.69 Å². The predicted molar refractivity (Wildman–Crippen MR) is 70.1 cm³/mol. The van der Waals surface area contributed by atoms with Crippen LogP contribution in [0.5, 0.6) is 0 Å². The summed E-state index contributed by atoms with van der Waals surface area (Å²) in [6.45, 7) is 1.42. The summed E-state index contributed by atoms with van der Waals surface area (Å²) in [6.07, 6.45) is 1.14. The molecule has 102 valence electrons. The fourth-order valence-electron chi connectivity index (χ4n) is 2.32. The highest BCUT2D eigenvalue weighted by atomic mass is 16.6. The maximum Gasteiger partial charge on any atom is 0.320 e. The van der Waals surface area contributed by atoms with Gasteiger partial charge in [0.15, 0.2) is 0 Å². The molecular weight excluding hydrogens is 260 g/mol. The van der Waals surface area contributed by atoms with Crippen LogP contribution in [-0.2, 0) is 13.1 Å². The zero-order chi connectivity index (χ0) is 14.1. The van der Waals surface area contributed by atoms with E-state index in [1.807, 2.05) is 30.3 Å². The summed E-state index contributed by atoms with van der Waals surface area (Å²) in [4.78, 5) is 24.3. The number of hydrogen-bond donors (Lipinski definition) is 0. The second kappa shape index (κ2) is 4.76.